The molecule has 1 fully saturated rings. The van der Waals surface area contributed by atoms with Crippen molar-refractivity contribution in [2.24, 2.45) is 5.92 Å². The molecule has 0 radical (unpaired) electrons. The number of halogens is 1. The molecule has 1 aliphatic carbocycles. The summed E-state index contributed by atoms with van der Waals surface area (Å²) in [6.07, 6.45) is 2.65. The van der Waals surface area contributed by atoms with Crippen LogP contribution in [-0.2, 0) is 6.54 Å². The van der Waals surface area contributed by atoms with E-state index in [1.165, 1.54) is 12.8 Å². The van der Waals surface area contributed by atoms with Gasteiger partial charge >= 0.3 is 0 Å². The predicted molar refractivity (Wildman–Crippen MR) is 79.0 cm³/mol. The van der Waals surface area contributed by atoms with Crippen LogP contribution in [0.4, 0.5) is 10.1 Å². The molecule has 1 saturated carbocycles. The van der Waals surface area contributed by atoms with E-state index in [2.05, 4.69) is 38.0 Å². The van der Waals surface area contributed by atoms with Crippen LogP contribution in [0.25, 0.3) is 0 Å². The molecule has 19 heavy (non-hydrogen) atoms. The Labute approximate surface area is 116 Å². The van der Waals surface area contributed by atoms with Gasteiger partial charge in [0.1, 0.15) is 5.82 Å². The molecule has 0 heterocycles. The van der Waals surface area contributed by atoms with Crippen LogP contribution >= 0.6 is 0 Å². The summed E-state index contributed by atoms with van der Waals surface area (Å²) in [5, 5.41) is 3.37. The summed E-state index contributed by atoms with van der Waals surface area (Å²) < 4.78 is 13.5. The van der Waals surface area contributed by atoms with Gasteiger partial charge in [-0.15, -0.1) is 0 Å². The van der Waals surface area contributed by atoms with Crippen LogP contribution in [0.3, 0.4) is 0 Å². The fourth-order valence-electron chi connectivity index (χ4n) is 2.47. The second kappa shape index (κ2) is 5.91. The highest BCUT2D eigenvalue weighted by atomic mass is 19.1. The third kappa shape index (κ3) is 3.69. The van der Waals surface area contributed by atoms with Crippen LogP contribution in [0, 0.1) is 11.7 Å². The van der Waals surface area contributed by atoms with Gasteiger partial charge in [-0.25, -0.2) is 4.39 Å². The zero-order chi connectivity index (χ0) is 14.0. The van der Waals surface area contributed by atoms with Gasteiger partial charge in [-0.3, -0.25) is 0 Å². The maximum absolute atomic E-state index is 13.5. The Hall–Kier alpha value is -1.09. The van der Waals surface area contributed by atoms with E-state index in [0.29, 0.717) is 18.6 Å². The molecule has 1 aromatic rings. The molecule has 1 atom stereocenters. The number of hydrogen-bond acceptors (Lipinski definition) is 2. The van der Waals surface area contributed by atoms with Gasteiger partial charge in [-0.05, 0) is 49.4 Å². The Kier molecular flexibility index (Phi) is 4.46. The summed E-state index contributed by atoms with van der Waals surface area (Å²) in [6, 6.07) is 6.06. The lowest BCUT2D eigenvalue weighted by Crippen LogP contribution is -2.32. The first-order chi connectivity index (χ1) is 8.99. The van der Waals surface area contributed by atoms with Crippen LogP contribution in [-0.4, -0.2) is 19.1 Å². The topological polar surface area (TPSA) is 15.3 Å². The molecule has 3 heteroatoms. The molecule has 1 aromatic carbocycles. The van der Waals surface area contributed by atoms with Crippen molar-refractivity contribution < 1.29 is 4.39 Å². The lowest BCUT2D eigenvalue weighted by molar-refractivity contribution is 0.572. The maximum atomic E-state index is 13.5. The summed E-state index contributed by atoms with van der Waals surface area (Å²) in [6.45, 7) is 7.19. The van der Waals surface area contributed by atoms with Crippen LogP contribution in [0.15, 0.2) is 18.2 Å². The smallest absolute Gasteiger partial charge is 0.123 e. The first-order valence-corrected chi connectivity index (χ1v) is 7.23. The van der Waals surface area contributed by atoms with Crippen LogP contribution in [0.2, 0.25) is 0 Å². The minimum atomic E-state index is -0.156. The second-order valence-electron chi connectivity index (χ2n) is 6.00. The van der Waals surface area contributed by atoms with E-state index in [-0.39, 0.29) is 5.82 Å². The van der Waals surface area contributed by atoms with Crippen molar-refractivity contribution in [2.75, 3.05) is 11.9 Å². The van der Waals surface area contributed by atoms with Crippen molar-refractivity contribution in [1.82, 2.24) is 5.32 Å². The number of benzene rings is 1. The summed E-state index contributed by atoms with van der Waals surface area (Å²) in [7, 11) is 2.12. The highest BCUT2D eigenvalue weighted by Gasteiger charge is 2.31. The van der Waals surface area contributed by atoms with Crippen molar-refractivity contribution >= 4 is 5.69 Å². The second-order valence-corrected chi connectivity index (χ2v) is 6.00. The lowest BCUT2D eigenvalue weighted by Gasteiger charge is -2.29. The molecule has 1 N–H and O–H groups in total. The Morgan fingerprint density at radius 3 is 2.58 bits per heavy atom. The third-order valence-corrected chi connectivity index (χ3v) is 4.04. The van der Waals surface area contributed by atoms with E-state index in [1.807, 2.05) is 6.07 Å². The van der Waals surface area contributed by atoms with Gasteiger partial charge in [-0.1, -0.05) is 13.8 Å². The van der Waals surface area contributed by atoms with Gasteiger partial charge in [0, 0.05) is 31.4 Å². The third-order valence-electron chi connectivity index (χ3n) is 4.04. The standard InChI is InChI=1S/C16H25FN2/c1-11(2)18-10-14-9-15(17)7-8-16(14)19(4)12(3)13-5-6-13/h7-9,11-13,18H,5-6,10H2,1-4H3. The SMILES string of the molecule is CC(C)NCc1cc(F)ccc1N(C)C(C)C1CC1. The molecule has 2 rings (SSSR count). The van der Waals surface area contributed by atoms with E-state index in [9.17, 15) is 4.39 Å². The normalized spacial score (nSPS) is 16.7. The van der Waals surface area contributed by atoms with Crippen LogP contribution < -0.4 is 10.2 Å². The largest absolute Gasteiger partial charge is 0.371 e. The summed E-state index contributed by atoms with van der Waals surface area (Å²) in [5.41, 5.74) is 2.19. The minimum absolute atomic E-state index is 0.156. The van der Waals surface area contributed by atoms with E-state index in [1.54, 1.807) is 12.1 Å². The first kappa shape index (κ1) is 14.3. The number of rotatable bonds is 6. The molecule has 1 unspecified atom stereocenters. The van der Waals surface area contributed by atoms with Crippen molar-refractivity contribution in [3.8, 4) is 0 Å². The van der Waals surface area contributed by atoms with Gasteiger partial charge in [0.15, 0.2) is 0 Å². The monoisotopic (exact) mass is 264 g/mol. The zero-order valence-corrected chi connectivity index (χ0v) is 12.4. The van der Waals surface area contributed by atoms with Crippen molar-refractivity contribution in [2.45, 2.75) is 52.2 Å². The average molecular weight is 264 g/mol. The predicted octanol–water partition coefficient (Wildman–Crippen LogP) is 3.56. The lowest BCUT2D eigenvalue weighted by atomic mass is 10.1. The molecule has 0 aromatic heterocycles. The molecule has 0 amide bonds. The Balaban J connectivity index is 2.17. The summed E-state index contributed by atoms with van der Waals surface area (Å²) in [4.78, 5) is 2.30. The summed E-state index contributed by atoms with van der Waals surface area (Å²) in [5.74, 6) is 0.651. The van der Waals surface area contributed by atoms with Gasteiger partial charge in [0.2, 0.25) is 0 Å². The number of nitrogens with zero attached hydrogens (tertiary/aromatic N) is 1. The molecule has 2 nitrogen and oxygen atoms in total. The van der Waals surface area contributed by atoms with E-state index in [4.69, 9.17) is 0 Å². The first-order valence-electron chi connectivity index (χ1n) is 7.23. The molecule has 0 bridgehead atoms. The minimum Gasteiger partial charge on any atom is -0.371 e. The molecule has 1 aliphatic rings. The van der Waals surface area contributed by atoms with E-state index < -0.39 is 0 Å². The van der Waals surface area contributed by atoms with Gasteiger partial charge in [0.25, 0.3) is 0 Å². The molecular formula is C16H25FN2. The number of hydrogen-bond donors (Lipinski definition) is 1. The highest BCUT2D eigenvalue weighted by molar-refractivity contribution is 5.54. The van der Waals surface area contributed by atoms with Gasteiger partial charge in [-0.2, -0.15) is 0 Å². The summed E-state index contributed by atoms with van der Waals surface area (Å²) >= 11 is 0. The van der Waals surface area contributed by atoms with Gasteiger partial charge in [0.05, 0.1) is 0 Å². The van der Waals surface area contributed by atoms with Crippen LogP contribution in [0.5, 0.6) is 0 Å². The molecule has 0 aliphatic heterocycles. The molecule has 0 saturated heterocycles. The molecule has 0 spiro atoms. The quantitative estimate of drug-likeness (QED) is 0.845. The Morgan fingerprint density at radius 1 is 1.32 bits per heavy atom. The number of nitrogens with one attached hydrogen (secondary N) is 1. The Morgan fingerprint density at radius 2 is 2.00 bits per heavy atom. The van der Waals surface area contributed by atoms with Gasteiger partial charge < -0.3 is 10.2 Å². The molecular weight excluding hydrogens is 239 g/mol. The highest BCUT2D eigenvalue weighted by Crippen LogP contribution is 2.37. The Bertz CT molecular complexity index is 427. The van der Waals surface area contributed by atoms with E-state index >= 15 is 0 Å². The maximum Gasteiger partial charge on any atom is 0.123 e. The van der Waals surface area contributed by atoms with E-state index in [0.717, 1.165) is 17.2 Å². The fraction of sp³-hybridized carbons (Fsp3) is 0.625. The van der Waals surface area contributed by atoms with Crippen LogP contribution in [0.1, 0.15) is 39.2 Å². The molecule has 106 valence electrons. The van der Waals surface area contributed by atoms with Crippen molar-refractivity contribution in [3.05, 3.63) is 29.6 Å². The zero-order valence-electron chi connectivity index (χ0n) is 12.4. The number of anilines is 1. The van der Waals surface area contributed by atoms with Crippen molar-refractivity contribution in [1.29, 1.82) is 0 Å². The fourth-order valence-corrected chi connectivity index (χ4v) is 2.47. The average Bonchev–Trinajstić information content (AvgIpc) is 3.19. The van der Waals surface area contributed by atoms with Crippen molar-refractivity contribution in [3.63, 3.8) is 0 Å².